The number of ketones is 1. The molecular weight excluding hydrogens is 280 g/mol. The van der Waals surface area contributed by atoms with Crippen LogP contribution in [0.3, 0.4) is 0 Å². The molecule has 0 aromatic carbocycles. The number of amides is 1. The smallest absolute Gasteiger partial charge is 0.267 e. The van der Waals surface area contributed by atoms with Crippen LogP contribution in [0.15, 0.2) is 12.3 Å². The van der Waals surface area contributed by atoms with E-state index >= 15 is 0 Å². The number of aryl methyl sites for hydroxylation is 1. The van der Waals surface area contributed by atoms with Crippen LogP contribution in [0.2, 0.25) is 0 Å². The van der Waals surface area contributed by atoms with Gasteiger partial charge in [-0.3, -0.25) is 9.59 Å². The molecule has 0 radical (unpaired) electrons. The van der Waals surface area contributed by atoms with Crippen LogP contribution in [0.4, 0.5) is 0 Å². The van der Waals surface area contributed by atoms with Crippen LogP contribution in [0.1, 0.15) is 60.4 Å². The maximum Gasteiger partial charge on any atom is 0.267 e. The van der Waals surface area contributed by atoms with Gasteiger partial charge in [-0.15, -0.1) is 0 Å². The first-order chi connectivity index (χ1) is 10.5. The van der Waals surface area contributed by atoms with Crippen LogP contribution >= 0.6 is 0 Å². The fourth-order valence-corrected chi connectivity index (χ4v) is 2.98. The van der Waals surface area contributed by atoms with Gasteiger partial charge in [0.25, 0.3) is 5.91 Å². The lowest BCUT2D eigenvalue weighted by atomic mass is 9.88. The summed E-state index contributed by atoms with van der Waals surface area (Å²) in [6.45, 7) is 4.75. The zero-order valence-corrected chi connectivity index (χ0v) is 13.7. The summed E-state index contributed by atoms with van der Waals surface area (Å²) in [4.78, 5) is 23.5. The van der Waals surface area contributed by atoms with Crippen LogP contribution in [-0.4, -0.2) is 35.5 Å². The number of ether oxygens (including phenoxy) is 1. The van der Waals surface area contributed by atoms with Crippen LogP contribution < -0.4 is 5.32 Å². The summed E-state index contributed by atoms with van der Waals surface area (Å²) in [6, 6.07) is 1.63. The molecule has 2 atom stereocenters. The van der Waals surface area contributed by atoms with Crippen molar-refractivity contribution in [1.82, 2.24) is 9.88 Å². The van der Waals surface area contributed by atoms with E-state index in [4.69, 9.17) is 4.74 Å². The second-order valence-electron chi connectivity index (χ2n) is 6.21. The Hall–Kier alpha value is -1.62. The van der Waals surface area contributed by atoms with Gasteiger partial charge in [-0.1, -0.05) is 19.8 Å². The number of hydrogen-bond donors (Lipinski definition) is 1. The molecule has 0 saturated heterocycles. The number of carbonyl (C=O) groups excluding carboxylic acids is 2. The lowest BCUT2D eigenvalue weighted by molar-refractivity contribution is -0.00296. The van der Waals surface area contributed by atoms with Crippen LogP contribution in [0.5, 0.6) is 0 Å². The number of hydrogen-bond acceptors (Lipinski definition) is 3. The fraction of sp³-hybridized carbons (Fsp3) is 0.647. The number of nitrogens with zero attached hydrogens (tertiary/aromatic N) is 1. The molecule has 1 aromatic rings. The Morgan fingerprint density at radius 1 is 1.36 bits per heavy atom. The minimum atomic E-state index is -0.171. The van der Waals surface area contributed by atoms with E-state index in [1.807, 2.05) is 0 Å². The number of nitrogens with one attached hydrogen (secondary N) is 1. The largest absolute Gasteiger partial charge is 0.376 e. The molecule has 1 aliphatic carbocycles. The second-order valence-corrected chi connectivity index (χ2v) is 6.21. The quantitative estimate of drug-likeness (QED) is 0.649. The Labute approximate surface area is 132 Å². The molecule has 1 N–H and O–H groups in total. The summed E-state index contributed by atoms with van der Waals surface area (Å²) in [5, 5.41) is 2.85. The molecule has 5 heteroatoms. The summed E-state index contributed by atoms with van der Waals surface area (Å²) in [7, 11) is 1.77. The van der Waals surface area contributed by atoms with Gasteiger partial charge in [0.1, 0.15) is 5.69 Å². The molecule has 0 aliphatic heterocycles. The van der Waals surface area contributed by atoms with E-state index in [1.165, 1.54) is 26.2 Å². The predicted molar refractivity (Wildman–Crippen MR) is 85.1 cm³/mol. The van der Waals surface area contributed by atoms with Gasteiger partial charge < -0.3 is 14.6 Å². The summed E-state index contributed by atoms with van der Waals surface area (Å²) in [6.07, 6.45) is 6.88. The summed E-state index contributed by atoms with van der Waals surface area (Å²) in [5.74, 6) is 0.398. The highest BCUT2D eigenvalue weighted by Crippen LogP contribution is 2.25. The molecule has 5 nitrogen and oxygen atoms in total. The normalized spacial score (nSPS) is 21.6. The Kier molecular flexibility index (Phi) is 5.77. The van der Waals surface area contributed by atoms with Crippen molar-refractivity contribution in [3.63, 3.8) is 0 Å². The fourth-order valence-electron chi connectivity index (χ4n) is 2.98. The summed E-state index contributed by atoms with van der Waals surface area (Å²) < 4.78 is 7.56. The molecule has 1 aromatic heterocycles. The van der Waals surface area contributed by atoms with Crippen LogP contribution in [0, 0.1) is 5.92 Å². The van der Waals surface area contributed by atoms with Crippen LogP contribution in [-0.2, 0) is 11.8 Å². The Morgan fingerprint density at radius 2 is 2.09 bits per heavy atom. The lowest BCUT2D eigenvalue weighted by Crippen LogP contribution is -2.32. The highest BCUT2D eigenvalue weighted by atomic mass is 16.5. The highest BCUT2D eigenvalue weighted by Gasteiger charge is 2.21. The van der Waals surface area contributed by atoms with E-state index in [9.17, 15) is 9.59 Å². The average Bonchev–Trinajstić information content (AvgIpc) is 2.87. The molecule has 2 rings (SSSR count). The van der Waals surface area contributed by atoms with Gasteiger partial charge in [0.2, 0.25) is 0 Å². The molecule has 1 aliphatic rings. The average molecular weight is 306 g/mol. The molecule has 122 valence electrons. The van der Waals surface area contributed by atoms with E-state index in [-0.39, 0.29) is 11.7 Å². The van der Waals surface area contributed by atoms with Gasteiger partial charge >= 0.3 is 0 Å². The van der Waals surface area contributed by atoms with Crippen molar-refractivity contribution >= 4 is 11.7 Å². The number of aromatic nitrogens is 1. The standard InChI is InChI=1S/C17H26N2O3/c1-12-6-4-5-7-16(12)22-9-8-18-17(21)15-10-14(13(2)20)11-19(15)3/h10-12,16H,4-9H2,1-3H3,(H,18,21)/t12-,16-/m1/s1. The summed E-state index contributed by atoms with van der Waals surface area (Å²) >= 11 is 0. The first-order valence-electron chi connectivity index (χ1n) is 8.06. The monoisotopic (exact) mass is 306 g/mol. The van der Waals surface area contributed by atoms with E-state index in [0.29, 0.717) is 36.4 Å². The second kappa shape index (κ2) is 7.58. The maximum atomic E-state index is 12.1. The molecule has 0 bridgehead atoms. The molecule has 1 heterocycles. The zero-order chi connectivity index (χ0) is 16.1. The Morgan fingerprint density at radius 3 is 2.73 bits per heavy atom. The Balaban J connectivity index is 1.77. The minimum absolute atomic E-state index is 0.0377. The third-order valence-electron chi connectivity index (χ3n) is 4.40. The van der Waals surface area contributed by atoms with Crippen molar-refractivity contribution in [3.05, 3.63) is 23.5 Å². The van der Waals surface area contributed by atoms with Crippen molar-refractivity contribution in [2.45, 2.75) is 45.6 Å². The molecule has 1 saturated carbocycles. The Bertz CT molecular complexity index is 536. The van der Waals surface area contributed by atoms with Crippen molar-refractivity contribution in [3.8, 4) is 0 Å². The highest BCUT2D eigenvalue weighted by molar-refractivity contribution is 5.99. The third kappa shape index (κ3) is 4.19. The molecule has 0 unspecified atom stereocenters. The minimum Gasteiger partial charge on any atom is -0.376 e. The summed E-state index contributed by atoms with van der Waals surface area (Å²) in [5.41, 5.74) is 1.05. The first kappa shape index (κ1) is 16.7. The van der Waals surface area contributed by atoms with E-state index < -0.39 is 0 Å². The van der Waals surface area contributed by atoms with E-state index in [2.05, 4.69) is 12.2 Å². The number of rotatable bonds is 6. The van der Waals surface area contributed by atoms with Crippen LogP contribution in [0.25, 0.3) is 0 Å². The predicted octanol–water partition coefficient (Wildman–Crippen LogP) is 2.55. The molecule has 1 amide bonds. The van der Waals surface area contributed by atoms with Gasteiger partial charge in [-0.2, -0.15) is 0 Å². The molecular formula is C17H26N2O3. The van der Waals surface area contributed by atoms with Crippen molar-refractivity contribution < 1.29 is 14.3 Å². The van der Waals surface area contributed by atoms with Gasteiger partial charge in [-0.25, -0.2) is 0 Å². The van der Waals surface area contributed by atoms with Crippen molar-refractivity contribution in [1.29, 1.82) is 0 Å². The zero-order valence-electron chi connectivity index (χ0n) is 13.7. The SMILES string of the molecule is CC(=O)c1cc(C(=O)NCCO[C@@H]2CCCC[C@H]2C)n(C)c1. The lowest BCUT2D eigenvalue weighted by Gasteiger charge is -2.28. The topological polar surface area (TPSA) is 60.3 Å². The van der Waals surface area contributed by atoms with Gasteiger partial charge in [0.15, 0.2) is 5.78 Å². The molecule has 1 fully saturated rings. The van der Waals surface area contributed by atoms with Crippen molar-refractivity contribution in [2.75, 3.05) is 13.2 Å². The number of Topliss-reactive ketones (excluding diaryl/α,β-unsaturated/α-hetero) is 1. The van der Waals surface area contributed by atoms with E-state index in [1.54, 1.807) is 23.9 Å². The molecule has 0 spiro atoms. The van der Waals surface area contributed by atoms with Gasteiger partial charge in [0, 0.05) is 25.4 Å². The first-order valence-corrected chi connectivity index (χ1v) is 8.06. The maximum absolute atomic E-state index is 12.1. The third-order valence-corrected chi connectivity index (χ3v) is 4.40. The van der Waals surface area contributed by atoms with Crippen molar-refractivity contribution in [2.24, 2.45) is 13.0 Å². The van der Waals surface area contributed by atoms with Gasteiger partial charge in [-0.05, 0) is 31.7 Å². The van der Waals surface area contributed by atoms with Gasteiger partial charge in [0.05, 0.1) is 12.7 Å². The molecule has 22 heavy (non-hydrogen) atoms. The van der Waals surface area contributed by atoms with E-state index in [0.717, 1.165) is 6.42 Å². The number of carbonyl (C=O) groups is 2.